The number of ether oxygens (including phenoxy) is 2. The van der Waals surface area contributed by atoms with Crippen LogP contribution in [0.5, 0.6) is 0 Å². The van der Waals surface area contributed by atoms with E-state index in [1.165, 1.54) is 4.57 Å². The third-order valence-corrected chi connectivity index (χ3v) is 7.15. The number of hydrogen-bond acceptors (Lipinski definition) is 7. The molecular formula is C28H33ClN4O6. The van der Waals surface area contributed by atoms with Gasteiger partial charge in [0, 0.05) is 19.6 Å². The van der Waals surface area contributed by atoms with Crippen molar-refractivity contribution >= 4 is 34.4 Å². The summed E-state index contributed by atoms with van der Waals surface area (Å²) in [6.07, 6.45) is 0.752. The molecule has 39 heavy (non-hydrogen) atoms. The molecule has 10 nitrogen and oxygen atoms in total. The number of nitrogens with one attached hydrogen (secondary N) is 1. The fourth-order valence-electron chi connectivity index (χ4n) is 4.94. The van der Waals surface area contributed by atoms with E-state index < -0.39 is 17.2 Å². The zero-order chi connectivity index (χ0) is 28.1. The SMILES string of the molecule is CCOC(=O)c1c(C)cc2c(c1C)c(=O)n(-c1ccccc1Cl)c(=O)n2CC(=O)NCCCN1CCOCC1. The molecule has 208 valence electrons. The van der Waals surface area contributed by atoms with Crippen molar-refractivity contribution in [3.63, 3.8) is 0 Å². The lowest BCUT2D eigenvalue weighted by Crippen LogP contribution is -2.43. The highest BCUT2D eigenvalue weighted by atomic mass is 35.5. The lowest BCUT2D eigenvalue weighted by Gasteiger charge is -2.26. The first-order chi connectivity index (χ1) is 18.7. The first-order valence-corrected chi connectivity index (χ1v) is 13.4. The number of carbonyl (C=O) groups excluding carboxylic acids is 2. The summed E-state index contributed by atoms with van der Waals surface area (Å²) in [4.78, 5) is 55.6. The van der Waals surface area contributed by atoms with E-state index in [2.05, 4.69) is 10.2 Å². The number of nitrogens with zero attached hydrogens (tertiary/aromatic N) is 3. The first kappa shape index (κ1) is 28.5. The number of carbonyl (C=O) groups is 2. The van der Waals surface area contributed by atoms with Gasteiger partial charge in [0.2, 0.25) is 5.91 Å². The van der Waals surface area contributed by atoms with Crippen LogP contribution in [0.25, 0.3) is 16.6 Å². The molecule has 1 N–H and O–H groups in total. The van der Waals surface area contributed by atoms with Crippen molar-refractivity contribution in [2.75, 3.05) is 46.0 Å². The maximum absolute atomic E-state index is 13.8. The van der Waals surface area contributed by atoms with E-state index >= 15 is 0 Å². The Bertz CT molecular complexity index is 1510. The average molecular weight is 557 g/mol. The molecule has 0 atom stereocenters. The fraction of sp³-hybridized carbons (Fsp3) is 0.429. The first-order valence-electron chi connectivity index (χ1n) is 13.0. The van der Waals surface area contributed by atoms with Crippen molar-refractivity contribution in [3.8, 4) is 5.69 Å². The minimum Gasteiger partial charge on any atom is -0.462 e. The van der Waals surface area contributed by atoms with Gasteiger partial charge >= 0.3 is 11.7 Å². The molecule has 1 aliphatic rings. The summed E-state index contributed by atoms with van der Waals surface area (Å²) >= 11 is 6.38. The number of fused-ring (bicyclic) bond motifs is 1. The summed E-state index contributed by atoms with van der Waals surface area (Å²) in [5.41, 5.74) is 0.277. The van der Waals surface area contributed by atoms with Crippen LogP contribution in [0.1, 0.15) is 34.8 Å². The molecule has 1 aromatic heterocycles. The third kappa shape index (κ3) is 6.08. The molecule has 1 amide bonds. The molecule has 2 aromatic carbocycles. The van der Waals surface area contributed by atoms with Crippen molar-refractivity contribution in [3.05, 3.63) is 72.9 Å². The molecule has 11 heteroatoms. The fourth-order valence-corrected chi connectivity index (χ4v) is 5.16. The van der Waals surface area contributed by atoms with Crippen LogP contribution < -0.4 is 16.6 Å². The van der Waals surface area contributed by atoms with E-state index in [-0.39, 0.29) is 46.2 Å². The third-order valence-electron chi connectivity index (χ3n) is 6.84. The van der Waals surface area contributed by atoms with Crippen LogP contribution in [0, 0.1) is 13.8 Å². The molecule has 1 fully saturated rings. The lowest BCUT2D eigenvalue weighted by molar-refractivity contribution is -0.121. The molecule has 1 saturated heterocycles. The Balaban J connectivity index is 1.75. The van der Waals surface area contributed by atoms with Crippen molar-refractivity contribution in [1.82, 2.24) is 19.4 Å². The van der Waals surface area contributed by atoms with Gasteiger partial charge in [0.15, 0.2) is 0 Å². The Labute approximate surface area is 231 Å². The number of para-hydroxylation sites is 1. The second kappa shape index (κ2) is 12.6. The topological polar surface area (TPSA) is 112 Å². The number of amides is 1. The van der Waals surface area contributed by atoms with Crippen LogP contribution in [-0.2, 0) is 20.8 Å². The van der Waals surface area contributed by atoms with Gasteiger partial charge in [-0.1, -0.05) is 23.7 Å². The van der Waals surface area contributed by atoms with Gasteiger partial charge in [-0.05, 0) is 63.1 Å². The summed E-state index contributed by atoms with van der Waals surface area (Å²) in [7, 11) is 0. The quantitative estimate of drug-likeness (QED) is 0.318. The van der Waals surface area contributed by atoms with E-state index in [0.717, 1.165) is 30.6 Å². The summed E-state index contributed by atoms with van der Waals surface area (Å²) in [5.74, 6) is -0.927. The van der Waals surface area contributed by atoms with Crippen molar-refractivity contribution in [2.45, 2.75) is 33.7 Å². The van der Waals surface area contributed by atoms with Crippen molar-refractivity contribution in [1.29, 1.82) is 0 Å². The highest BCUT2D eigenvalue weighted by molar-refractivity contribution is 6.32. The Kier molecular flexibility index (Phi) is 9.21. The second-order valence-electron chi connectivity index (χ2n) is 9.43. The number of hydrogen-bond donors (Lipinski definition) is 1. The van der Waals surface area contributed by atoms with Crippen molar-refractivity contribution < 1.29 is 19.1 Å². The standard InChI is InChI=1S/C28H33ClN4O6/c1-4-39-27(36)24-18(2)16-22-25(19(24)3)26(35)33(21-9-6-5-8-20(21)29)28(37)32(22)17-23(34)30-10-7-11-31-12-14-38-15-13-31/h5-6,8-9,16H,4,7,10-15,17H2,1-3H3,(H,30,34). The summed E-state index contributed by atoms with van der Waals surface area (Å²) in [6.45, 7) is 9.33. The predicted molar refractivity (Wildman–Crippen MR) is 149 cm³/mol. The van der Waals surface area contributed by atoms with Crippen LogP contribution in [0.3, 0.4) is 0 Å². The Morgan fingerprint density at radius 3 is 2.54 bits per heavy atom. The molecule has 0 spiro atoms. The maximum atomic E-state index is 13.8. The van der Waals surface area contributed by atoms with Gasteiger partial charge in [-0.3, -0.25) is 19.1 Å². The van der Waals surface area contributed by atoms with Crippen molar-refractivity contribution in [2.24, 2.45) is 0 Å². The molecule has 0 saturated carbocycles. The molecule has 0 radical (unpaired) electrons. The molecule has 0 bridgehead atoms. The van der Waals surface area contributed by atoms with Crippen LogP contribution in [0.4, 0.5) is 0 Å². The van der Waals surface area contributed by atoms with Gasteiger partial charge in [-0.2, -0.15) is 0 Å². The average Bonchev–Trinajstić information content (AvgIpc) is 2.90. The second-order valence-corrected chi connectivity index (χ2v) is 9.83. The molecule has 3 aromatic rings. The number of esters is 1. The maximum Gasteiger partial charge on any atom is 0.338 e. The minimum atomic E-state index is -0.702. The van der Waals surface area contributed by atoms with Crippen LogP contribution in [0.15, 0.2) is 39.9 Å². The van der Waals surface area contributed by atoms with E-state index in [4.69, 9.17) is 21.1 Å². The number of halogens is 1. The largest absolute Gasteiger partial charge is 0.462 e. The number of benzene rings is 2. The lowest BCUT2D eigenvalue weighted by atomic mass is 9.98. The van der Waals surface area contributed by atoms with E-state index in [0.29, 0.717) is 30.9 Å². The monoisotopic (exact) mass is 556 g/mol. The van der Waals surface area contributed by atoms with Gasteiger partial charge < -0.3 is 14.8 Å². The Morgan fingerprint density at radius 2 is 1.85 bits per heavy atom. The predicted octanol–water partition coefficient (Wildman–Crippen LogP) is 2.44. The summed E-state index contributed by atoms with van der Waals surface area (Å²) in [6, 6.07) is 8.07. The van der Waals surface area contributed by atoms with Crippen LogP contribution in [0.2, 0.25) is 5.02 Å². The Hall–Kier alpha value is -3.47. The summed E-state index contributed by atoms with van der Waals surface area (Å²) < 4.78 is 12.8. The number of rotatable bonds is 9. The van der Waals surface area contributed by atoms with Gasteiger partial charge in [0.25, 0.3) is 5.56 Å². The van der Waals surface area contributed by atoms with Gasteiger partial charge in [0.1, 0.15) is 6.54 Å². The summed E-state index contributed by atoms with van der Waals surface area (Å²) in [5, 5.41) is 3.22. The zero-order valence-corrected chi connectivity index (χ0v) is 23.2. The minimum absolute atomic E-state index is 0.142. The zero-order valence-electron chi connectivity index (χ0n) is 22.4. The van der Waals surface area contributed by atoms with Crippen LogP contribution in [-0.4, -0.2) is 71.9 Å². The van der Waals surface area contributed by atoms with Gasteiger partial charge in [-0.15, -0.1) is 0 Å². The molecule has 4 rings (SSSR count). The number of aryl methyl sites for hydroxylation is 2. The normalized spacial score (nSPS) is 13.9. The number of morpholine rings is 1. The van der Waals surface area contributed by atoms with Gasteiger partial charge in [0.05, 0.1) is 47.0 Å². The van der Waals surface area contributed by atoms with Crippen LogP contribution >= 0.6 is 11.6 Å². The number of aromatic nitrogens is 2. The van der Waals surface area contributed by atoms with E-state index in [1.807, 2.05) is 0 Å². The highest BCUT2D eigenvalue weighted by Crippen LogP contribution is 2.25. The molecular weight excluding hydrogens is 524 g/mol. The molecule has 1 aliphatic heterocycles. The van der Waals surface area contributed by atoms with Gasteiger partial charge in [-0.25, -0.2) is 14.2 Å². The van der Waals surface area contributed by atoms with E-state index in [9.17, 15) is 19.2 Å². The smallest absolute Gasteiger partial charge is 0.338 e. The highest BCUT2D eigenvalue weighted by Gasteiger charge is 2.24. The molecule has 0 unspecified atom stereocenters. The molecule has 2 heterocycles. The van der Waals surface area contributed by atoms with E-state index in [1.54, 1.807) is 51.1 Å². The molecule has 0 aliphatic carbocycles. The Morgan fingerprint density at radius 1 is 1.13 bits per heavy atom.